The van der Waals surface area contributed by atoms with Crippen molar-refractivity contribution in [3.8, 4) is 11.3 Å². The van der Waals surface area contributed by atoms with Gasteiger partial charge in [0.25, 0.3) is 0 Å². The molecule has 1 aromatic heterocycles. The number of hydrogen-bond donors (Lipinski definition) is 2. The van der Waals surface area contributed by atoms with Crippen LogP contribution in [0.25, 0.3) is 11.3 Å². The van der Waals surface area contributed by atoms with Gasteiger partial charge in [0.2, 0.25) is 5.95 Å². The van der Waals surface area contributed by atoms with Crippen molar-refractivity contribution in [3.63, 3.8) is 0 Å². The predicted molar refractivity (Wildman–Crippen MR) is 86.3 cm³/mol. The van der Waals surface area contributed by atoms with E-state index in [1.54, 1.807) is 6.07 Å². The third kappa shape index (κ3) is 3.00. The first-order valence-corrected chi connectivity index (χ1v) is 6.75. The lowest BCUT2D eigenvalue weighted by atomic mass is 10.1. The molecule has 3 N–H and O–H groups in total. The summed E-state index contributed by atoms with van der Waals surface area (Å²) in [6.45, 7) is 2.05. The van der Waals surface area contributed by atoms with Crippen LogP contribution in [0.4, 0.5) is 17.5 Å². The number of nitrogens with two attached hydrogens (primary N) is 1. The highest BCUT2D eigenvalue weighted by atomic mass is 15.1. The molecule has 0 aliphatic carbocycles. The van der Waals surface area contributed by atoms with E-state index in [0.29, 0.717) is 11.8 Å². The smallest absolute Gasteiger partial charge is 0.229 e. The number of anilines is 3. The highest BCUT2D eigenvalue weighted by molar-refractivity contribution is 5.68. The molecule has 0 radical (unpaired) electrons. The Bertz CT molecular complexity index is 754. The van der Waals surface area contributed by atoms with E-state index in [-0.39, 0.29) is 0 Å². The van der Waals surface area contributed by atoms with Crippen molar-refractivity contribution in [2.75, 3.05) is 11.1 Å². The molecule has 104 valence electrons. The van der Waals surface area contributed by atoms with Crippen LogP contribution in [0.1, 0.15) is 5.56 Å². The number of nitrogens with one attached hydrogen (secondary N) is 1. The number of nitrogen functional groups attached to an aromatic ring is 1. The molecule has 0 amide bonds. The third-order valence-electron chi connectivity index (χ3n) is 3.20. The minimum Gasteiger partial charge on any atom is -0.384 e. The molecular formula is C17H16N4. The Morgan fingerprint density at radius 2 is 1.62 bits per heavy atom. The van der Waals surface area contributed by atoms with Crippen molar-refractivity contribution in [2.45, 2.75) is 6.92 Å². The highest BCUT2D eigenvalue weighted by Gasteiger charge is 2.07. The van der Waals surface area contributed by atoms with Crippen LogP contribution in [0.5, 0.6) is 0 Å². The Morgan fingerprint density at radius 1 is 0.905 bits per heavy atom. The van der Waals surface area contributed by atoms with Crippen LogP contribution in [0.2, 0.25) is 0 Å². The van der Waals surface area contributed by atoms with Gasteiger partial charge in [-0.3, -0.25) is 0 Å². The molecule has 21 heavy (non-hydrogen) atoms. The van der Waals surface area contributed by atoms with Crippen molar-refractivity contribution < 1.29 is 0 Å². The lowest BCUT2D eigenvalue weighted by Crippen LogP contribution is -2.02. The summed E-state index contributed by atoms with van der Waals surface area (Å²) in [5.41, 5.74) is 9.87. The average Bonchev–Trinajstić information content (AvgIpc) is 2.48. The van der Waals surface area contributed by atoms with Gasteiger partial charge in [0.15, 0.2) is 0 Å². The number of aryl methyl sites for hydroxylation is 1. The quantitative estimate of drug-likeness (QED) is 0.764. The highest BCUT2D eigenvalue weighted by Crippen LogP contribution is 2.24. The zero-order valence-electron chi connectivity index (χ0n) is 11.7. The summed E-state index contributed by atoms with van der Waals surface area (Å²) in [7, 11) is 0. The third-order valence-corrected chi connectivity index (χ3v) is 3.20. The molecular weight excluding hydrogens is 260 g/mol. The van der Waals surface area contributed by atoms with Crippen molar-refractivity contribution in [3.05, 3.63) is 66.2 Å². The maximum absolute atomic E-state index is 5.91. The fourth-order valence-corrected chi connectivity index (χ4v) is 2.17. The fourth-order valence-electron chi connectivity index (χ4n) is 2.17. The van der Waals surface area contributed by atoms with Crippen LogP contribution in [0.15, 0.2) is 60.7 Å². The van der Waals surface area contributed by atoms with Gasteiger partial charge < -0.3 is 11.1 Å². The zero-order chi connectivity index (χ0) is 14.7. The largest absolute Gasteiger partial charge is 0.384 e. The molecule has 1 heterocycles. The Balaban J connectivity index is 1.99. The van der Waals surface area contributed by atoms with Gasteiger partial charge in [-0.1, -0.05) is 42.5 Å². The van der Waals surface area contributed by atoms with E-state index in [1.807, 2.05) is 48.5 Å². The number of aromatic nitrogens is 2. The number of hydrogen-bond acceptors (Lipinski definition) is 4. The fraction of sp³-hybridized carbons (Fsp3) is 0.0588. The van der Waals surface area contributed by atoms with Crippen LogP contribution in [0.3, 0.4) is 0 Å². The van der Waals surface area contributed by atoms with Gasteiger partial charge >= 0.3 is 0 Å². The molecule has 0 spiro atoms. The summed E-state index contributed by atoms with van der Waals surface area (Å²) in [6.07, 6.45) is 0. The molecule has 2 aromatic carbocycles. The van der Waals surface area contributed by atoms with E-state index in [1.165, 1.54) is 0 Å². The number of para-hydroxylation sites is 1. The summed E-state index contributed by atoms with van der Waals surface area (Å²) in [6, 6.07) is 19.7. The van der Waals surface area contributed by atoms with Gasteiger partial charge in [0.05, 0.1) is 5.69 Å². The zero-order valence-corrected chi connectivity index (χ0v) is 11.7. The molecule has 0 unspecified atom stereocenters. The molecule has 0 fully saturated rings. The minimum absolute atomic E-state index is 0.446. The van der Waals surface area contributed by atoms with E-state index >= 15 is 0 Å². The lowest BCUT2D eigenvalue weighted by molar-refractivity contribution is 1.17. The van der Waals surface area contributed by atoms with Gasteiger partial charge in [-0.15, -0.1) is 0 Å². The molecule has 0 saturated carbocycles. The summed E-state index contributed by atoms with van der Waals surface area (Å²) >= 11 is 0. The van der Waals surface area contributed by atoms with Crippen molar-refractivity contribution in [1.29, 1.82) is 0 Å². The Hall–Kier alpha value is -2.88. The van der Waals surface area contributed by atoms with Crippen LogP contribution < -0.4 is 11.1 Å². The molecule has 0 atom stereocenters. The monoisotopic (exact) mass is 276 g/mol. The second-order valence-electron chi connectivity index (χ2n) is 4.81. The van der Waals surface area contributed by atoms with Crippen molar-refractivity contribution >= 4 is 17.5 Å². The molecule has 0 aliphatic heterocycles. The number of rotatable bonds is 3. The van der Waals surface area contributed by atoms with Gasteiger partial charge in [0, 0.05) is 17.3 Å². The molecule has 4 nitrogen and oxygen atoms in total. The van der Waals surface area contributed by atoms with Crippen molar-refractivity contribution in [2.24, 2.45) is 0 Å². The predicted octanol–water partition coefficient (Wildman–Crippen LogP) is 3.78. The molecule has 3 aromatic rings. The Labute approximate surface area is 123 Å². The minimum atomic E-state index is 0.446. The first kappa shape index (κ1) is 13.1. The van der Waals surface area contributed by atoms with Gasteiger partial charge in [-0.2, -0.15) is 4.98 Å². The molecule has 3 rings (SSSR count). The van der Waals surface area contributed by atoms with Crippen LogP contribution in [-0.2, 0) is 0 Å². The molecule has 0 bridgehead atoms. The Kier molecular flexibility index (Phi) is 3.51. The van der Waals surface area contributed by atoms with E-state index < -0.39 is 0 Å². The lowest BCUT2D eigenvalue weighted by Gasteiger charge is -2.09. The van der Waals surface area contributed by atoms with Crippen molar-refractivity contribution in [1.82, 2.24) is 9.97 Å². The van der Waals surface area contributed by atoms with E-state index in [2.05, 4.69) is 28.3 Å². The number of benzene rings is 2. The molecule has 0 saturated heterocycles. The summed E-state index contributed by atoms with van der Waals surface area (Å²) in [5, 5.41) is 3.17. The summed E-state index contributed by atoms with van der Waals surface area (Å²) in [5.74, 6) is 0.945. The van der Waals surface area contributed by atoms with E-state index in [9.17, 15) is 0 Å². The molecule has 4 heteroatoms. The first-order chi connectivity index (χ1) is 10.2. The normalized spacial score (nSPS) is 10.3. The number of nitrogens with zero attached hydrogens (tertiary/aromatic N) is 2. The Morgan fingerprint density at radius 3 is 2.38 bits per heavy atom. The van der Waals surface area contributed by atoms with Crippen LogP contribution >= 0.6 is 0 Å². The first-order valence-electron chi connectivity index (χ1n) is 6.75. The maximum atomic E-state index is 5.91. The molecule has 0 aliphatic rings. The SMILES string of the molecule is Cc1ccccc1-c1cc(N)nc(Nc2ccccc2)n1. The van der Waals surface area contributed by atoms with Gasteiger partial charge in [-0.25, -0.2) is 4.98 Å². The second-order valence-corrected chi connectivity index (χ2v) is 4.81. The van der Waals surface area contributed by atoms with E-state index in [4.69, 9.17) is 5.73 Å². The van der Waals surface area contributed by atoms with Gasteiger partial charge in [-0.05, 0) is 24.6 Å². The summed E-state index contributed by atoms with van der Waals surface area (Å²) in [4.78, 5) is 8.80. The second kappa shape index (κ2) is 5.63. The van der Waals surface area contributed by atoms with E-state index in [0.717, 1.165) is 22.5 Å². The summed E-state index contributed by atoms with van der Waals surface area (Å²) < 4.78 is 0. The topological polar surface area (TPSA) is 63.8 Å². The standard InChI is InChI=1S/C17H16N4/c1-12-7-5-6-10-14(12)15-11-16(18)21-17(20-15)19-13-8-3-2-4-9-13/h2-11H,1H3,(H3,18,19,20,21). The average molecular weight is 276 g/mol. The van der Waals surface area contributed by atoms with Crippen LogP contribution in [-0.4, -0.2) is 9.97 Å². The van der Waals surface area contributed by atoms with Gasteiger partial charge in [0.1, 0.15) is 5.82 Å². The van der Waals surface area contributed by atoms with Crippen LogP contribution in [0, 0.1) is 6.92 Å². The maximum Gasteiger partial charge on any atom is 0.229 e.